The van der Waals surface area contributed by atoms with Crippen molar-refractivity contribution in [3.63, 3.8) is 0 Å². The van der Waals surface area contributed by atoms with Crippen molar-refractivity contribution in [3.05, 3.63) is 113 Å². The normalized spacial score (nSPS) is 13.6. The summed E-state index contributed by atoms with van der Waals surface area (Å²) in [7, 11) is 1.92. The number of aliphatic hydroxyl groups is 1. The molecule has 47 heavy (non-hydrogen) atoms. The first kappa shape index (κ1) is 38.0. The maximum atomic E-state index is 14.4. The summed E-state index contributed by atoms with van der Waals surface area (Å²) in [5, 5.41) is 25.6. The van der Waals surface area contributed by atoms with Gasteiger partial charge in [-0.25, -0.2) is 13.5 Å². The van der Waals surface area contributed by atoms with E-state index in [1.54, 1.807) is 11.1 Å². The SMILES string of the molecule is CC.CC1=C(C)CCC1.CN(CC(O)CNC(C)(C)Cc1ccc2ccccc2c1)Sc1ccc(-c2ccc(C(=O)O)cc2F)cc1. The Balaban J connectivity index is 0.000000582. The van der Waals surface area contributed by atoms with E-state index in [2.05, 4.69) is 69.4 Å². The fourth-order valence-corrected chi connectivity index (χ4v) is 6.38. The van der Waals surface area contributed by atoms with E-state index in [-0.39, 0.29) is 11.1 Å². The molecule has 0 saturated carbocycles. The molecule has 0 saturated heterocycles. The van der Waals surface area contributed by atoms with E-state index in [1.165, 1.54) is 59.7 Å². The molecule has 0 aliphatic heterocycles. The van der Waals surface area contributed by atoms with Gasteiger partial charge in [0.25, 0.3) is 0 Å². The zero-order valence-electron chi connectivity index (χ0n) is 28.9. The van der Waals surface area contributed by atoms with Crippen molar-refractivity contribution in [1.29, 1.82) is 0 Å². The number of carboxylic acid groups (broad SMARTS) is 1. The molecule has 252 valence electrons. The van der Waals surface area contributed by atoms with Gasteiger partial charge in [0.2, 0.25) is 0 Å². The molecule has 0 radical (unpaired) electrons. The molecule has 0 aromatic heterocycles. The monoisotopic (exact) mass is 658 g/mol. The molecular weight excluding hydrogens is 608 g/mol. The first-order valence-electron chi connectivity index (χ1n) is 16.5. The van der Waals surface area contributed by atoms with Crippen LogP contribution in [0.4, 0.5) is 4.39 Å². The molecule has 4 aromatic carbocycles. The number of rotatable bonds is 11. The summed E-state index contributed by atoms with van der Waals surface area (Å²) in [5.74, 6) is -1.72. The van der Waals surface area contributed by atoms with Crippen LogP contribution in [0.15, 0.2) is 101 Å². The van der Waals surface area contributed by atoms with E-state index >= 15 is 0 Å². The number of nitrogens with one attached hydrogen (secondary N) is 1. The maximum Gasteiger partial charge on any atom is 0.335 e. The Bertz CT molecular complexity index is 1620. The van der Waals surface area contributed by atoms with Gasteiger partial charge in [-0.1, -0.05) is 85.7 Å². The highest BCUT2D eigenvalue weighted by molar-refractivity contribution is 7.97. The van der Waals surface area contributed by atoms with Crippen LogP contribution in [0.25, 0.3) is 21.9 Å². The van der Waals surface area contributed by atoms with E-state index in [1.807, 2.05) is 55.5 Å². The summed E-state index contributed by atoms with van der Waals surface area (Å²) in [5.41, 5.74) is 5.27. The van der Waals surface area contributed by atoms with Crippen LogP contribution in [0.2, 0.25) is 0 Å². The van der Waals surface area contributed by atoms with Crippen molar-refractivity contribution in [1.82, 2.24) is 9.62 Å². The highest BCUT2D eigenvalue weighted by Gasteiger charge is 2.20. The Morgan fingerprint density at radius 1 is 0.936 bits per heavy atom. The number of β-amino-alcohol motifs (C(OH)–C–C–N with tert-alkyl or cyclic N) is 1. The Labute approximate surface area is 285 Å². The molecule has 0 bridgehead atoms. The quantitative estimate of drug-likeness (QED) is 0.110. The van der Waals surface area contributed by atoms with Crippen molar-refractivity contribution >= 4 is 28.7 Å². The molecule has 5 nitrogen and oxygen atoms in total. The number of aliphatic hydroxyl groups excluding tert-OH is 1. The van der Waals surface area contributed by atoms with E-state index in [0.717, 1.165) is 17.4 Å². The predicted octanol–water partition coefficient (Wildman–Crippen LogP) is 9.79. The van der Waals surface area contributed by atoms with Crippen LogP contribution >= 0.6 is 11.9 Å². The first-order valence-corrected chi connectivity index (χ1v) is 17.3. The topological polar surface area (TPSA) is 72.8 Å². The first-order chi connectivity index (χ1) is 22.4. The summed E-state index contributed by atoms with van der Waals surface area (Å²) in [6.07, 6.45) is 4.40. The van der Waals surface area contributed by atoms with Gasteiger partial charge in [0.15, 0.2) is 0 Å². The number of aromatic carboxylic acids is 1. The van der Waals surface area contributed by atoms with Crippen LogP contribution in [-0.2, 0) is 6.42 Å². The summed E-state index contributed by atoms with van der Waals surface area (Å²) < 4.78 is 16.4. The van der Waals surface area contributed by atoms with E-state index < -0.39 is 17.9 Å². The molecule has 0 amide bonds. The molecular formula is C40H51FN2O3S. The highest BCUT2D eigenvalue weighted by Crippen LogP contribution is 2.28. The Hall–Kier alpha value is -3.49. The molecule has 5 rings (SSSR count). The van der Waals surface area contributed by atoms with Crippen LogP contribution in [0, 0.1) is 5.82 Å². The van der Waals surface area contributed by atoms with Crippen LogP contribution in [-0.4, -0.2) is 52.3 Å². The Morgan fingerprint density at radius 2 is 1.57 bits per heavy atom. The molecule has 0 spiro atoms. The van der Waals surface area contributed by atoms with E-state index in [9.17, 15) is 14.3 Å². The predicted molar refractivity (Wildman–Crippen MR) is 197 cm³/mol. The van der Waals surface area contributed by atoms with Crippen LogP contribution in [0.1, 0.15) is 76.7 Å². The molecule has 1 unspecified atom stereocenters. The van der Waals surface area contributed by atoms with Gasteiger partial charge in [-0.05, 0) is 119 Å². The number of hydrogen-bond donors (Lipinski definition) is 3. The molecule has 1 atom stereocenters. The van der Waals surface area contributed by atoms with Crippen molar-refractivity contribution < 1.29 is 19.4 Å². The number of fused-ring (bicyclic) bond motifs is 1. The molecule has 1 aliphatic rings. The number of likely N-dealkylation sites (N-methyl/N-ethyl adjacent to an activating group) is 1. The lowest BCUT2D eigenvalue weighted by Gasteiger charge is -2.29. The fraction of sp³-hybridized carbons (Fsp3) is 0.375. The zero-order chi connectivity index (χ0) is 34.6. The lowest BCUT2D eigenvalue weighted by atomic mass is 9.93. The number of halogens is 1. The second kappa shape index (κ2) is 18.2. The van der Waals surface area contributed by atoms with Gasteiger partial charge in [0.05, 0.1) is 11.7 Å². The number of carbonyl (C=O) groups is 1. The van der Waals surface area contributed by atoms with Crippen molar-refractivity contribution in [2.24, 2.45) is 0 Å². The Morgan fingerprint density at radius 3 is 2.15 bits per heavy atom. The minimum absolute atomic E-state index is 0.0785. The van der Waals surface area contributed by atoms with Gasteiger partial charge in [0, 0.05) is 29.1 Å². The second-order valence-electron chi connectivity index (χ2n) is 12.6. The van der Waals surface area contributed by atoms with E-state index in [0.29, 0.717) is 24.2 Å². The third-order valence-electron chi connectivity index (χ3n) is 8.22. The summed E-state index contributed by atoms with van der Waals surface area (Å²) in [4.78, 5) is 12.0. The number of benzene rings is 4. The number of carboxylic acids is 1. The maximum absolute atomic E-state index is 14.4. The Kier molecular flexibility index (Phi) is 14.7. The molecule has 0 fully saturated rings. The third kappa shape index (κ3) is 11.9. The summed E-state index contributed by atoms with van der Waals surface area (Å²) in [6.45, 7) is 13.7. The fourth-order valence-electron chi connectivity index (χ4n) is 5.52. The van der Waals surface area contributed by atoms with Crippen molar-refractivity contribution in [2.75, 3.05) is 20.1 Å². The number of hydrogen-bond acceptors (Lipinski definition) is 5. The lowest BCUT2D eigenvalue weighted by molar-refractivity contribution is 0.0696. The minimum atomic E-state index is -1.16. The van der Waals surface area contributed by atoms with Gasteiger partial charge < -0.3 is 15.5 Å². The standard InChI is InChI=1S/C31H33FN2O3S.C7H12.C2H6/c1-31(2,18-21-8-9-22-6-4-5-7-24(22)16-21)33-19-26(35)20-34(3)38-27-13-10-23(11-14-27)28-15-12-25(30(36)37)17-29(28)32;1-6-4-3-5-7(6)2;1-2/h4-17,26,33,35H,18-20H2,1-3H3,(H,36,37);3-5H2,1-2H3;1-2H3. The summed E-state index contributed by atoms with van der Waals surface area (Å²) in [6, 6.07) is 26.2. The van der Waals surface area contributed by atoms with Gasteiger partial charge in [-0.15, -0.1) is 0 Å². The number of allylic oxidation sites excluding steroid dienone is 2. The average molecular weight is 659 g/mol. The van der Waals surface area contributed by atoms with E-state index in [4.69, 9.17) is 5.11 Å². The van der Waals surface area contributed by atoms with Crippen LogP contribution in [0.3, 0.4) is 0 Å². The van der Waals surface area contributed by atoms with Crippen molar-refractivity contribution in [2.45, 2.75) is 83.8 Å². The van der Waals surface area contributed by atoms with Gasteiger partial charge >= 0.3 is 5.97 Å². The lowest BCUT2D eigenvalue weighted by Crippen LogP contribution is -2.46. The average Bonchev–Trinajstić information content (AvgIpc) is 3.43. The highest BCUT2D eigenvalue weighted by atomic mass is 32.2. The van der Waals surface area contributed by atoms with Gasteiger partial charge in [-0.2, -0.15) is 0 Å². The van der Waals surface area contributed by atoms with Crippen LogP contribution < -0.4 is 5.32 Å². The minimum Gasteiger partial charge on any atom is -0.478 e. The zero-order valence-corrected chi connectivity index (χ0v) is 29.8. The molecule has 3 N–H and O–H groups in total. The molecule has 4 aromatic rings. The largest absolute Gasteiger partial charge is 0.478 e. The number of nitrogens with zero attached hydrogens (tertiary/aromatic N) is 1. The third-order valence-corrected chi connectivity index (χ3v) is 9.16. The second-order valence-corrected chi connectivity index (χ2v) is 13.9. The summed E-state index contributed by atoms with van der Waals surface area (Å²) >= 11 is 1.50. The van der Waals surface area contributed by atoms with Gasteiger partial charge in [-0.3, -0.25) is 0 Å². The smallest absolute Gasteiger partial charge is 0.335 e. The van der Waals surface area contributed by atoms with Gasteiger partial charge in [0.1, 0.15) is 5.82 Å². The molecule has 1 aliphatic carbocycles. The molecule has 0 heterocycles. The van der Waals surface area contributed by atoms with Crippen LogP contribution in [0.5, 0.6) is 0 Å². The van der Waals surface area contributed by atoms with Crippen molar-refractivity contribution in [3.8, 4) is 11.1 Å². The molecule has 7 heteroatoms.